The third-order valence-electron chi connectivity index (χ3n) is 4.02. The van der Waals surface area contributed by atoms with Gasteiger partial charge in [-0.2, -0.15) is 0 Å². The van der Waals surface area contributed by atoms with Crippen molar-refractivity contribution in [3.8, 4) is 5.75 Å². The standard InChI is InChI=1S/C18H15F3N2O3S2/c1-11-14(19)9-15(20)17(16(11)21)28(24,25)23(18-22-7-8-27-18)10-12-3-5-13(26-2)6-4-12/h3-9H,10H2,1-2H3. The Bertz CT molecular complexity index is 1090. The summed E-state index contributed by atoms with van der Waals surface area (Å²) in [5, 5.41) is 1.56. The molecule has 0 fully saturated rings. The normalized spacial score (nSPS) is 11.5. The first-order chi connectivity index (χ1) is 13.3. The molecule has 1 aromatic heterocycles. The fourth-order valence-electron chi connectivity index (χ4n) is 2.50. The van der Waals surface area contributed by atoms with E-state index in [2.05, 4.69) is 4.98 Å². The van der Waals surface area contributed by atoms with Gasteiger partial charge >= 0.3 is 0 Å². The smallest absolute Gasteiger partial charge is 0.272 e. The molecule has 0 N–H and O–H groups in total. The lowest BCUT2D eigenvalue weighted by Crippen LogP contribution is -2.32. The molecule has 0 atom stereocenters. The average Bonchev–Trinajstić information content (AvgIpc) is 3.18. The second kappa shape index (κ2) is 7.80. The molecule has 3 aromatic rings. The number of hydrogen-bond acceptors (Lipinski definition) is 5. The summed E-state index contributed by atoms with van der Waals surface area (Å²) in [6, 6.07) is 6.87. The van der Waals surface area contributed by atoms with E-state index in [0.29, 0.717) is 17.4 Å². The van der Waals surface area contributed by atoms with E-state index in [0.717, 1.165) is 22.6 Å². The Kier molecular flexibility index (Phi) is 5.61. The Morgan fingerprint density at radius 3 is 2.39 bits per heavy atom. The minimum Gasteiger partial charge on any atom is -0.497 e. The third-order valence-corrected chi connectivity index (χ3v) is 6.71. The van der Waals surface area contributed by atoms with Crippen molar-refractivity contribution in [3.05, 3.63) is 70.5 Å². The van der Waals surface area contributed by atoms with Gasteiger partial charge in [-0.1, -0.05) is 12.1 Å². The summed E-state index contributed by atoms with van der Waals surface area (Å²) in [4.78, 5) is 2.75. The zero-order chi connectivity index (χ0) is 20.5. The second-order valence-electron chi connectivity index (χ2n) is 5.78. The number of ether oxygens (including phenoxy) is 1. The molecule has 0 unspecified atom stereocenters. The van der Waals surface area contributed by atoms with Gasteiger partial charge in [0, 0.05) is 23.2 Å². The largest absolute Gasteiger partial charge is 0.497 e. The van der Waals surface area contributed by atoms with Crippen LogP contribution in [0, 0.1) is 24.4 Å². The quantitative estimate of drug-likeness (QED) is 0.588. The van der Waals surface area contributed by atoms with E-state index in [4.69, 9.17) is 4.74 Å². The van der Waals surface area contributed by atoms with Crippen molar-refractivity contribution in [1.29, 1.82) is 0 Å². The van der Waals surface area contributed by atoms with Crippen molar-refractivity contribution in [1.82, 2.24) is 4.98 Å². The monoisotopic (exact) mass is 428 g/mol. The van der Waals surface area contributed by atoms with Crippen LogP contribution in [0.2, 0.25) is 0 Å². The van der Waals surface area contributed by atoms with E-state index in [1.54, 1.807) is 24.3 Å². The number of hydrogen-bond donors (Lipinski definition) is 0. The first-order valence-corrected chi connectivity index (χ1v) is 10.3. The van der Waals surface area contributed by atoms with E-state index < -0.39 is 37.9 Å². The molecule has 3 rings (SSSR count). The SMILES string of the molecule is COc1ccc(CN(c2nccs2)S(=O)(=O)c2c(F)cc(F)c(C)c2F)cc1. The lowest BCUT2D eigenvalue weighted by atomic mass is 10.2. The molecule has 0 radical (unpaired) electrons. The molecule has 0 aliphatic rings. The fraction of sp³-hybridized carbons (Fsp3) is 0.167. The highest BCUT2D eigenvalue weighted by atomic mass is 32.2. The van der Waals surface area contributed by atoms with Gasteiger partial charge in [0.2, 0.25) is 0 Å². The van der Waals surface area contributed by atoms with Gasteiger partial charge in [-0.3, -0.25) is 0 Å². The molecular formula is C18H15F3N2O3S2. The topological polar surface area (TPSA) is 59.5 Å². The van der Waals surface area contributed by atoms with Crippen LogP contribution in [-0.2, 0) is 16.6 Å². The van der Waals surface area contributed by atoms with Crippen LogP contribution < -0.4 is 9.04 Å². The number of halogens is 3. The maximum atomic E-state index is 14.5. The molecule has 1 heterocycles. The predicted molar refractivity (Wildman–Crippen MR) is 99.5 cm³/mol. The summed E-state index contributed by atoms with van der Waals surface area (Å²) >= 11 is 0.991. The summed E-state index contributed by atoms with van der Waals surface area (Å²) in [6.07, 6.45) is 1.37. The maximum Gasteiger partial charge on any atom is 0.272 e. The fourth-order valence-corrected chi connectivity index (χ4v) is 4.95. The molecular weight excluding hydrogens is 413 g/mol. The molecule has 5 nitrogen and oxygen atoms in total. The van der Waals surface area contributed by atoms with Gasteiger partial charge in [-0.05, 0) is 24.6 Å². The molecule has 28 heavy (non-hydrogen) atoms. The first-order valence-electron chi connectivity index (χ1n) is 7.95. The highest BCUT2D eigenvalue weighted by Gasteiger charge is 2.34. The molecule has 0 aliphatic carbocycles. The number of benzene rings is 2. The van der Waals surface area contributed by atoms with Gasteiger partial charge in [0.25, 0.3) is 10.0 Å². The van der Waals surface area contributed by atoms with E-state index in [1.165, 1.54) is 18.7 Å². The highest BCUT2D eigenvalue weighted by molar-refractivity contribution is 7.93. The van der Waals surface area contributed by atoms with Crippen molar-refractivity contribution >= 4 is 26.5 Å². The van der Waals surface area contributed by atoms with Crippen LogP contribution in [0.1, 0.15) is 11.1 Å². The summed E-state index contributed by atoms with van der Waals surface area (Å²) in [5.74, 6) is -3.56. The average molecular weight is 428 g/mol. The Labute approximate surface area is 164 Å². The summed E-state index contributed by atoms with van der Waals surface area (Å²) in [7, 11) is -3.22. The number of rotatable bonds is 6. The number of aromatic nitrogens is 1. The molecule has 0 aliphatic heterocycles. The molecule has 0 saturated heterocycles. The predicted octanol–water partition coefficient (Wildman–Crippen LogP) is 4.27. The van der Waals surface area contributed by atoms with E-state index in [1.807, 2.05) is 0 Å². The van der Waals surface area contributed by atoms with Gasteiger partial charge < -0.3 is 4.74 Å². The summed E-state index contributed by atoms with van der Waals surface area (Å²) < 4.78 is 74.5. The molecule has 0 amide bonds. The van der Waals surface area contributed by atoms with Gasteiger partial charge in [0.1, 0.15) is 17.4 Å². The third kappa shape index (κ3) is 3.69. The van der Waals surface area contributed by atoms with Crippen LogP contribution in [0.3, 0.4) is 0 Å². The summed E-state index contributed by atoms with van der Waals surface area (Å²) in [5.41, 5.74) is -0.0391. The highest BCUT2D eigenvalue weighted by Crippen LogP contribution is 2.32. The van der Waals surface area contributed by atoms with E-state index in [9.17, 15) is 21.6 Å². The van der Waals surface area contributed by atoms with Gasteiger partial charge in [0.15, 0.2) is 15.8 Å². The first kappa shape index (κ1) is 20.2. The molecule has 148 valence electrons. The van der Waals surface area contributed by atoms with Gasteiger partial charge in [-0.15, -0.1) is 11.3 Å². The van der Waals surface area contributed by atoms with Gasteiger partial charge in [0.05, 0.1) is 13.7 Å². The van der Waals surface area contributed by atoms with Crippen LogP contribution in [0.5, 0.6) is 5.75 Å². The Hall–Kier alpha value is -2.59. The molecule has 0 saturated carbocycles. The number of methoxy groups -OCH3 is 1. The van der Waals surface area contributed by atoms with Crippen LogP contribution in [-0.4, -0.2) is 20.5 Å². The van der Waals surface area contributed by atoms with Crippen molar-refractivity contribution in [3.63, 3.8) is 0 Å². The Balaban J connectivity index is 2.11. The van der Waals surface area contributed by atoms with E-state index >= 15 is 0 Å². The zero-order valence-corrected chi connectivity index (χ0v) is 16.5. The van der Waals surface area contributed by atoms with Crippen LogP contribution in [0.15, 0.2) is 46.8 Å². The number of anilines is 1. The molecule has 0 bridgehead atoms. The Morgan fingerprint density at radius 1 is 1.14 bits per heavy atom. The Morgan fingerprint density at radius 2 is 1.82 bits per heavy atom. The zero-order valence-electron chi connectivity index (χ0n) is 14.8. The maximum absolute atomic E-state index is 14.5. The number of thiazole rings is 1. The minimum atomic E-state index is -4.71. The van der Waals surface area contributed by atoms with Crippen LogP contribution in [0.4, 0.5) is 18.3 Å². The van der Waals surface area contributed by atoms with Crippen LogP contribution >= 0.6 is 11.3 Å². The van der Waals surface area contributed by atoms with Crippen molar-refractivity contribution in [2.24, 2.45) is 0 Å². The van der Waals surface area contributed by atoms with Crippen molar-refractivity contribution in [2.45, 2.75) is 18.4 Å². The number of nitrogens with zero attached hydrogens (tertiary/aromatic N) is 2. The molecule has 2 aromatic carbocycles. The van der Waals surface area contributed by atoms with Crippen molar-refractivity contribution in [2.75, 3.05) is 11.4 Å². The van der Waals surface area contributed by atoms with Gasteiger partial charge in [-0.25, -0.2) is 30.9 Å². The second-order valence-corrected chi connectivity index (χ2v) is 8.45. The lowest BCUT2D eigenvalue weighted by Gasteiger charge is -2.23. The van der Waals surface area contributed by atoms with Crippen molar-refractivity contribution < 1.29 is 26.3 Å². The molecule has 10 heteroatoms. The van der Waals surface area contributed by atoms with Crippen LogP contribution in [0.25, 0.3) is 0 Å². The van der Waals surface area contributed by atoms with E-state index in [-0.39, 0.29) is 11.7 Å². The lowest BCUT2D eigenvalue weighted by molar-refractivity contribution is 0.414. The number of sulfonamides is 1. The minimum absolute atomic E-state index is 0.0246. The summed E-state index contributed by atoms with van der Waals surface area (Å²) in [6.45, 7) is 0.815. The molecule has 0 spiro atoms.